The molecule has 5 nitrogen and oxygen atoms in total. The first kappa shape index (κ1) is 21.2. The second-order valence-electron chi connectivity index (χ2n) is 5.86. The van der Waals surface area contributed by atoms with Gasteiger partial charge in [0.15, 0.2) is 0 Å². The maximum absolute atomic E-state index is 13.1. The molecule has 25 heavy (non-hydrogen) atoms. The summed E-state index contributed by atoms with van der Waals surface area (Å²) < 4.78 is 39.2. The lowest BCUT2D eigenvalue weighted by molar-refractivity contribution is -0.137. The maximum Gasteiger partial charge on any atom is 0.416 e. The van der Waals surface area contributed by atoms with Crippen molar-refractivity contribution in [1.82, 2.24) is 10.2 Å². The minimum atomic E-state index is -4.60. The van der Waals surface area contributed by atoms with Gasteiger partial charge in [-0.2, -0.15) is 13.2 Å². The van der Waals surface area contributed by atoms with E-state index in [9.17, 15) is 22.8 Å². The summed E-state index contributed by atoms with van der Waals surface area (Å²) in [6.45, 7) is 2.15. The molecule has 0 aliphatic carbocycles. The molecule has 2 N–H and O–H groups in total. The summed E-state index contributed by atoms with van der Waals surface area (Å²) in [6, 6.07) is 3.06. The number of alkyl halides is 3. The van der Waals surface area contributed by atoms with E-state index in [0.29, 0.717) is 13.1 Å². The van der Waals surface area contributed by atoms with Gasteiger partial charge in [0.05, 0.1) is 5.56 Å². The second-order valence-corrected chi connectivity index (χ2v) is 5.86. The van der Waals surface area contributed by atoms with E-state index < -0.39 is 23.6 Å². The van der Waals surface area contributed by atoms with E-state index in [1.807, 2.05) is 0 Å². The lowest BCUT2D eigenvalue weighted by Crippen LogP contribution is -2.47. The lowest BCUT2D eigenvalue weighted by atomic mass is 10.0. The number of hydrogen-bond donors (Lipinski definition) is 2. The van der Waals surface area contributed by atoms with Gasteiger partial charge in [-0.3, -0.25) is 9.59 Å². The molecule has 0 saturated carbocycles. The highest BCUT2D eigenvalue weighted by molar-refractivity contribution is 5.97. The van der Waals surface area contributed by atoms with Crippen LogP contribution in [-0.2, 0) is 11.0 Å². The highest BCUT2D eigenvalue weighted by atomic mass is 35.5. The average Bonchev–Trinajstić information content (AvgIpc) is 2.52. The van der Waals surface area contributed by atoms with Crippen LogP contribution in [0.2, 0.25) is 0 Å². The molecule has 0 bridgehead atoms. The number of anilines is 1. The van der Waals surface area contributed by atoms with Crippen molar-refractivity contribution in [2.45, 2.75) is 32.0 Å². The van der Waals surface area contributed by atoms with Crippen molar-refractivity contribution in [2.24, 2.45) is 0 Å². The maximum atomic E-state index is 13.1. The van der Waals surface area contributed by atoms with E-state index in [1.165, 1.54) is 17.9 Å². The number of likely N-dealkylation sites (N-methyl/N-ethyl adjacent to an activating group) is 1. The monoisotopic (exact) mass is 379 g/mol. The van der Waals surface area contributed by atoms with Crippen molar-refractivity contribution in [2.75, 3.05) is 25.5 Å². The number of hydrogen-bond acceptors (Lipinski definition) is 3. The minimum absolute atomic E-state index is 0. The van der Waals surface area contributed by atoms with Gasteiger partial charge in [0.1, 0.15) is 0 Å². The molecule has 0 radical (unpaired) electrons. The number of amides is 2. The topological polar surface area (TPSA) is 61.4 Å². The largest absolute Gasteiger partial charge is 0.416 e. The van der Waals surface area contributed by atoms with Gasteiger partial charge in [-0.1, -0.05) is 0 Å². The molecule has 1 atom stereocenters. The van der Waals surface area contributed by atoms with Crippen LogP contribution in [-0.4, -0.2) is 42.9 Å². The van der Waals surface area contributed by atoms with E-state index in [1.54, 1.807) is 7.05 Å². The van der Waals surface area contributed by atoms with Crippen LogP contribution in [0.4, 0.5) is 18.9 Å². The first-order valence-electron chi connectivity index (χ1n) is 7.67. The second kappa shape index (κ2) is 8.53. The fraction of sp³-hybridized carbons (Fsp3) is 0.500. The molecule has 1 aliphatic heterocycles. The van der Waals surface area contributed by atoms with Gasteiger partial charge < -0.3 is 15.5 Å². The lowest BCUT2D eigenvalue weighted by Gasteiger charge is -2.32. The number of piperidine rings is 1. The quantitative estimate of drug-likeness (QED) is 0.849. The van der Waals surface area contributed by atoms with Gasteiger partial charge in [-0.25, -0.2) is 0 Å². The first-order valence-corrected chi connectivity index (χ1v) is 7.67. The number of halogens is 4. The number of nitrogens with zero attached hydrogens (tertiary/aromatic N) is 1. The SMILES string of the molecule is CNC1CCCN(C(=O)c2cc(NC(C)=O)cc(C(F)(F)F)c2)C1.Cl. The molecule has 0 aromatic heterocycles. The van der Waals surface area contributed by atoms with Crippen molar-refractivity contribution in [1.29, 1.82) is 0 Å². The summed E-state index contributed by atoms with van der Waals surface area (Å²) in [7, 11) is 1.79. The Kier molecular flexibility index (Phi) is 7.25. The number of benzene rings is 1. The molecule has 1 saturated heterocycles. The Morgan fingerprint density at radius 2 is 1.92 bits per heavy atom. The van der Waals surface area contributed by atoms with E-state index in [4.69, 9.17) is 0 Å². The summed E-state index contributed by atoms with van der Waals surface area (Å²) in [4.78, 5) is 25.3. The molecule has 1 heterocycles. The van der Waals surface area contributed by atoms with E-state index >= 15 is 0 Å². The fourth-order valence-electron chi connectivity index (χ4n) is 2.77. The molecule has 1 fully saturated rings. The Hall–Kier alpha value is -1.80. The number of carbonyl (C=O) groups is 2. The molecule has 9 heteroatoms. The normalized spacial score (nSPS) is 17.6. The van der Waals surface area contributed by atoms with Crippen LogP contribution >= 0.6 is 12.4 Å². The minimum Gasteiger partial charge on any atom is -0.337 e. The highest BCUT2D eigenvalue weighted by Crippen LogP contribution is 2.32. The van der Waals surface area contributed by atoms with Gasteiger partial charge in [-0.15, -0.1) is 12.4 Å². The molecule has 2 amide bonds. The molecular formula is C16H21ClF3N3O2. The summed E-state index contributed by atoms with van der Waals surface area (Å²) in [5.74, 6) is -0.964. The molecule has 1 aromatic rings. The zero-order valence-electron chi connectivity index (χ0n) is 13.9. The van der Waals surface area contributed by atoms with Gasteiger partial charge in [0.25, 0.3) is 5.91 Å². The van der Waals surface area contributed by atoms with Crippen molar-refractivity contribution < 1.29 is 22.8 Å². The number of likely N-dealkylation sites (tertiary alicyclic amines) is 1. The fourth-order valence-corrected chi connectivity index (χ4v) is 2.77. The molecule has 2 rings (SSSR count). The van der Waals surface area contributed by atoms with Crippen LogP contribution in [0.25, 0.3) is 0 Å². The molecule has 1 aromatic carbocycles. The molecule has 0 spiro atoms. The molecule has 140 valence electrons. The number of carbonyl (C=O) groups excluding carboxylic acids is 2. The molecular weight excluding hydrogens is 359 g/mol. The Labute approximate surface area is 150 Å². The Morgan fingerprint density at radius 1 is 1.24 bits per heavy atom. The first-order chi connectivity index (χ1) is 11.2. The zero-order chi connectivity index (χ0) is 17.9. The van der Waals surface area contributed by atoms with Crippen molar-refractivity contribution >= 4 is 29.9 Å². The van der Waals surface area contributed by atoms with Gasteiger partial charge in [0, 0.05) is 37.3 Å². The van der Waals surface area contributed by atoms with Crippen molar-refractivity contribution in [3.63, 3.8) is 0 Å². The van der Waals surface area contributed by atoms with E-state index in [0.717, 1.165) is 25.0 Å². The third-order valence-electron chi connectivity index (χ3n) is 3.94. The van der Waals surface area contributed by atoms with Crippen LogP contribution in [0, 0.1) is 0 Å². The van der Waals surface area contributed by atoms with E-state index in [2.05, 4.69) is 10.6 Å². The van der Waals surface area contributed by atoms with Crippen LogP contribution in [0.1, 0.15) is 35.7 Å². The van der Waals surface area contributed by atoms with Crippen LogP contribution in [0.3, 0.4) is 0 Å². The van der Waals surface area contributed by atoms with Crippen LogP contribution in [0.5, 0.6) is 0 Å². The Balaban J connectivity index is 0.00000312. The summed E-state index contributed by atoms with van der Waals surface area (Å²) in [5.41, 5.74) is -1.08. The van der Waals surface area contributed by atoms with E-state index in [-0.39, 0.29) is 29.7 Å². The predicted molar refractivity (Wildman–Crippen MR) is 91.0 cm³/mol. The van der Waals surface area contributed by atoms with Gasteiger partial charge in [0.2, 0.25) is 5.91 Å². The zero-order valence-corrected chi connectivity index (χ0v) is 14.8. The third kappa shape index (κ3) is 5.61. The van der Waals surface area contributed by atoms with Crippen LogP contribution in [0.15, 0.2) is 18.2 Å². The number of nitrogens with one attached hydrogen (secondary N) is 2. The van der Waals surface area contributed by atoms with Gasteiger partial charge >= 0.3 is 6.18 Å². The standard InChI is InChI=1S/C16H20F3N3O2.ClH/c1-10(23)21-14-7-11(6-12(8-14)16(17,18)19)15(24)22-5-3-4-13(9-22)20-2;/h6-8,13,20H,3-5,9H2,1-2H3,(H,21,23);1H. The number of rotatable bonds is 3. The van der Waals surface area contributed by atoms with Crippen LogP contribution < -0.4 is 10.6 Å². The van der Waals surface area contributed by atoms with Crippen molar-refractivity contribution in [3.05, 3.63) is 29.3 Å². The predicted octanol–water partition coefficient (Wildman–Crippen LogP) is 2.91. The van der Waals surface area contributed by atoms with Crippen molar-refractivity contribution in [3.8, 4) is 0 Å². The smallest absolute Gasteiger partial charge is 0.337 e. The molecule has 1 unspecified atom stereocenters. The average molecular weight is 380 g/mol. The summed E-state index contributed by atoms with van der Waals surface area (Å²) in [5, 5.41) is 5.40. The highest BCUT2D eigenvalue weighted by Gasteiger charge is 2.33. The van der Waals surface area contributed by atoms with Gasteiger partial charge in [-0.05, 0) is 38.1 Å². The summed E-state index contributed by atoms with van der Waals surface area (Å²) >= 11 is 0. The Bertz CT molecular complexity index is 638. The Morgan fingerprint density at radius 3 is 2.48 bits per heavy atom. The molecule has 1 aliphatic rings. The summed E-state index contributed by atoms with van der Waals surface area (Å²) in [6.07, 6.45) is -2.90. The third-order valence-corrected chi connectivity index (χ3v) is 3.94.